The van der Waals surface area contributed by atoms with Crippen LogP contribution in [0.2, 0.25) is 0 Å². The molecular weight excluding hydrogens is 340 g/mol. The van der Waals surface area contributed by atoms with E-state index in [1.165, 1.54) is 0 Å². The molecule has 0 unspecified atom stereocenters. The molecule has 1 aliphatic heterocycles. The number of pyridine rings is 1. The first-order valence-electron chi connectivity index (χ1n) is 9.38. The highest BCUT2D eigenvalue weighted by molar-refractivity contribution is 5.78. The molecule has 1 aromatic carbocycles. The summed E-state index contributed by atoms with van der Waals surface area (Å²) in [7, 11) is 0. The molecule has 140 valence electrons. The Hall–Kier alpha value is -2.86. The van der Waals surface area contributed by atoms with Crippen LogP contribution in [0.1, 0.15) is 5.69 Å². The minimum atomic E-state index is 0.167. The molecule has 0 N–H and O–H groups in total. The molecule has 1 fully saturated rings. The molecule has 1 saturated heterocycles. The standard InChI is InChI=1S/C21H24N4O2/c26-21(16-18-17-22-20-8-4-5-9-25(18)20)24-12-10-23(11-13-24)14-15-27-19-6-2-1-3-7-19/h1-9,17H,10-16H2. The lowest BCUT2D eigenvalue weighted by atomic mass is 10.2. The van der Waals surface area contributed by atoms with E-state index >= 15 is 0 Å². The molecule has 1 aliphatic rings. The zero-order valence-electron chi connectivity index (χ0n) is 15.3. The molecule has 0 aliphatic carbocycles. The highest BCUT2D eigenvalue weighted by Crippen LogP contribution is 2.11. The minimum Gasteiger partial charge on any atom is -0.492 e. The highest BCUT2D eigenvalue weighted by atomic mass is 16.5. The first-order chi connectivity index (χ1) is 13.3. The molecule has 0 spiro atoms. The minimum absolute atomic E-state index is 0.167. The van der Waals surface area contributed by atoms with E-state index in [0.29, 0.717) is 13.0 Å². The van der Waals surface area contributed by atoms with E-state index in [9.17, 15) is 4.79 Å². The van der Waals surface area contributed by atoms with Crippen LogP contribution in [0.5, 0.6) is 5.75 Å². The number of para-hydroxylation sites is 1. The fourth-order valence-electron chi connectivity index (χ4n) is 3.41. The maximum Gasteiger partial charge on any atom is 0.228 e. The summed E-state index contributed by atoms with van der Waals surface area (Å²) >= 11 is 0. The van der Waals surface area contributed by atoms with E-state index in [1.807, 2.05) is 64.0 Å². The zero-order chi connectivity index (χ0) is 18.5. The molecule has 2 aromatic heterocycles. The van der Waals surface area contributed by atoms with Gasteiger partial charge < -0.3 is 14.0 Å². The Morgan fingerprint density at radius 1 is 1.00 bits per heavy atom. The van der Waals surface area contributed by atoms with Crippen LogP contribution in [0.15, 0.2) is 60.9 Å². The predicted molar refractivity (Wildman–Crippen MR) is 104 cm³/mol. The van der Waals surface area contributed by atoms with Crippen molar-refractivity contribution in [3.63, 3.8) is 0 Å². The number of imidazole rings is 1. The van der Waals surface area contributed by atoms with Crippen LogP contribution in [0.3, 0.4) is 0 Å². The van der Waals surface area contributed by atoms with Crippen molar-refractivity contribution in [3.05, 3.63) is 66.6 Å². The van der Waals surface area contributed by atoms with Crippen LogP contribution in [-0.4, -0.2) is 64.4 Å². The maximum atomic E-state index is 12.7. The Morgan fingerprint density at radius 3 is 2.59 bits per heavy atom. The SMILES string of the molecule is O=C(Cc1cnc2ccccn12)N1CCN(CCOc2ccccc2)CC1. The quantitative estimate of drug-likeness (QED) is 0.672. The number of fused-ring (bicyclic) bond motifs is 1. The number of amides is 1. The van der Waals surface area contributed by atoms with Gasteiger partial charge in [-0.2, -0.15) is 0 Å². The Balaban J connectivity index is 1.23. The monoisotopic (exact) mass is 364 g/mol. The van der Waals surface area contributed by atoms with Crippen LogP contribution in [0.25, 0.3) is 5.65 Å². The van der Waals surface area contributed by atoms with Crippen molar-refractivity contribution < 1.29 is 9.53 Å². The van der Waals surface area contributed by atoms with Gasteiger partial charge in [0.1, 0.15) is 18.0 Å². The number of carbonyl (C=O) groups is 1. The molecule has 0 saturated carbocycles. The van der Waals surface area contributed by atoms with Crippen LogP contribution in [0.4, 0.5) is 0 Å². The molecule has 3 heterocycles. The molecule has 3 aromatic rings. The Kier molecular flexibility index (Phi) is 5.34. The fraction of sp³-hybridized carbons (Fsp3) is 0.333. The second kappa shape index (κ2) is 8.22. The lowest BCUT2D eigenvalue weighted by molar-refractivity contribution is -0.132. The van der Waals surface area contributed by atoms with Gasteiger partial charge in [-0.3, -0.25) is 9.69 Å². The van der Waals surface area contributed by atoms with E-state index in [2.05, 4.69) is 9.88 Å². The van der Waals surface area contributed by atoms with Gasteiger partial charge in [0.2, 0.25) is 5.91 Å². The maximum absolute atomic E-state index is 12.7. The average Bonchev–Trinajstić information content (AvgIpc) is 3.12. The first kappa shape index (κ1) is 17.5. The average molecular weight is 364 g/mol. The predicted octanol–water partition coefficient (Wildman–Crippen LogP) is 2.10. The summed E-state index contributed by atoms with van der Waals surface area (Å²) in [5, 5.41) is 0. The Morgan fingerprint density at radius 2 is 1.78 bits per heavy atom. The van der Waals surface area contributed by atoms with E-state index in [-0.39, 0.29) is 5.91 Å². The van der Waals surface area contributed by atoms with Gasteiger partial charge >= 0.3 is 0 Å². The smallest absolute Gasteiger partial charge is 0.228 e. The highest BCUT2D eigenvalue weighted by Gasteiger charge is 2.21. The largest absolute Gasteiger partial charge is 0.492 e. The van der Waals surface area contributed by atoms with E-state index in [1.54, 1.807) is 6.20 Å². The van der Waals surface area contributed by atoms with Gasteiger partial charge in [0.15, 0.2) is 0 Å². The molecule has 0 atom stereocenters. The normalized spacial score (nSPS) is 15.2. The van der Waals surface area contributed by atoms with E-state index < -0.39 is 0 Å². The zero-order valence-corrected chi connectivity index (χ0v) is 15.3. The third kappa shape index (κ3) is 4.28. The summed E-state index contributed by atoms with van der Waals surface area (Å²) in [6.45, 7) is 4.85. The summed E-state index contributed by atoms with van der Waals surface area (Å²) < 4.78 is 7.74. The van der Waals surface area contributed by atoms with E-state index in [0.717, 1.165) is 49.8 Å². The van der Waals surface area contributed by atoms with Crippen molar-refractivity contribution in [2.45, 2.75) is 6.42 Å². The third-order valence-corrected chi connectivity index (χ3v) is 4.97. The number of hydrogen-bond donors (Lipinski definition) is 0. The van der Waals surface area contributed by atoms with Crippen LogP contribution in [0, 0.1) is 0 Å². The molecule has 0 radical (unpaired) electrons. The number of benzene rings is 1. The van der Waals surface area contributed by atoms with Gasteiger partial charge in [-0.05, 0) is 24.3 Å². The number of hydrogen-bond acceptors (Lipinski definition) is 4. The Bertz CT molecular complexity index is 885. The summed E-state index contributed by atoms with van der Waals surface area (Å²) in [5.74, 6) is 1.07. The number of rotatable bonds is 6. The van der Waals surface area contributed by atoms with Crippen LogP contribution < -0.4 is 4.74 Å². The van der Waals surface area contributed by atoms with Crippen molar-refractivity contribution >= 4 is 11.6 Å². The lowest BCUT2D eigenvalue weighted by Crippen LogP contribution is -2.50. The van der Waals surface area contributed by atoms with Gasteiger partial charge in [-0.1, -0.05) is 24.3 Å². The Labute approximate surface area is 159 Å². The molecule has 4 rings (SSSR count). The van der Waals surface area contributed by atoms with Crippen molar-refractivity contribution in [3.8, 4) is 5.75 Å². The fourth-order valence-corrected chi connectivity index (χ4v) is 3.41. The summed E-state index contributed by atoms with van der Waals surface area (Å²) in [6.07, 6.45) is 4.14. The van der Waals surface area contributed by atoms with Gasteiger partial charge in [-0.15, -0.1) is 0 Å². The second-order valence-electron chi connectivity index (χ2n) is 6.74. The van der Waals surface area contributed by atoms with Crippen molar-refractivity contribution in [1.29, 1.82) is 0 Å². The lowest BCUT2D eigenvalue weighted by Gasteiger charge is -2.34. The number of piperazine rings is 1. The molecule has 1 amide bonds. The van der Waals surface area contributed by atoms with Gasteiger partial charge in [0.25, 0.3) is 0 Å². The number of ether oxygens (including phenoxy) is 1. The summed E-state index contributed by atoms with van der Waals surface area (Å²) in [4.78, 5) is 21.3. The van der Waals surface area contributed by atoms with Crippen LogP contribution >= 0.6 is 0 Å². The second-order valence-corrected chi connectivity index (χ2v) is 6.74. The molecule has 27 heavy (non-hydrogen) atoms. The topological polar surface area (TPSA) is 50.1 Å². The summed E-state index contributed by atoms with van der Waals surface area (Å²) in [5.41, 5.74) is 1.82. The number of aromatic nitrogens is 2. The molecule has 6 nitrogen and oxygen atoms in total. The van der Waals surface area contributed by atoms with Crippen molar-refractivity contribution in [2.75, 3.05) is 39.3 Å². The first-order valence-corrected chi connectivity index (χ1v) is 9.38. The molecule has 0 bridgehead atoms. The number of carbonyl (C=O) groups excluding carboxylic acids is 1. The van der Waals surface area contributed by atoms with Gasteiger partial charge in [0, 0.05) is 45.1 Å². The van der Waals surface area contributed by atoms with Crippen LogP contribution in [-0.2, 0) is 11.2 Å². The van der Waals surface area contributed by atoms with Crippen molar-refractivity contribution in [2.24, 2.45) is 0 Å². The molecular formula is C21H24N4O2. The molecule has 6 heteroatoms. The van der Waals surface area contributed by atoms with Gasteiger partial charge in [-0.25, -0.2) is 4.98 Å². The number of nitrogens with zero attached hydrogens (tertiary/aromatic N) is 4. The van der Waals surface area contributed by atoms with Crippen molar-refractivity contribution in [1.82, 2.24) is 19.2 Å². The van der Waals surface area contributed by atoms with E-state index in [4.69, 9.17) is 4.74 Å². The third-order valence-electron chi connectivity index (χ3n) is 4.97. The van der Waals surface area contributed by atoms with Gasteiger partial charge in [0.05, 0.1) is 12.1 Å². The summed E-state index contributed by atoms with van der Waals surface area (Å²) in [6, 6.07) is 15.7.